The molecule has 118 valence electrons. The number of rotatable bonds is 5. The third kappa shape index (κ3) is 2.88. The Bertz CT molecular complexity index is 842. The van der Waals surface area contributed by atoms with Gasteiger partial charge in [0.1, 0.15) is 0 Å². The van der Waals surface area contributed by atoms with E-state index in [0.29, 0.717) is 6.54 Å². The summed E-state index contributed by atoms with van der Waals surface area (Å²) in [6.45, 7) is 7.64. The minimum Gasteiger partial charge on any atom is -0.486 e. The molecule has 0 unspecified atom stereocenters. The Morgan fingerprint density at radius 1 is 1.39 bits per heavy atom. The third-order valence-corrected chi connectivity index (χ3v) is 6.22. The first-order chi connectivity index (χ1) is 11.0. The van der Waals surface area contributed by atoms with Gasteiger partial charge in [-0.15, -0.1) is 22.7 Å². The molecule has 1 aliphatic rings. The number of hydrogen-bond donors (Lipinski definition) is 2. The zero-order valence-electron chi connectivity index (χ0n) is 12.4. The van der Waals surface area contributed by atoms with E-state index >= 15 is 0 Å². The van der Waals surface area contributed by atoms with Gasteiger partial charge in [0.05, 0.1) is 23.1 Å². The minimum atomic E-state index is -1.20. The van der Waals surface area contributed by atoms with E-state index < -0.39 is 5.97 Å². The largest absolute Gasteiger partial charge is 0.486 e. The average molecular weight is 346 g/mol. The van der Waals surface area contributed by atoms with Crippen molar-refractivity contribution in [3.05, 3.63) is 45.3 Å². The maximum absolute atomic E-state index is 10.9. The van der Waals surface area contributed by atoms with Gasteiger partial charge in [0.25, 0.3) is 5.70 Å². The molecule has 0 amide bonds. The van der Waals surface area contributed by atoms with Crippen molar-refractivity contribution in [1.29, 1.82) is 0 Å². The summed E-state index contributed by atoms with van der Waals surface area (Å²) in [7, 11) is 1.95. The maximum atomic E-state index is 10.9. The van der Waals surface area contributed by atoms with Crippen LogP contribution in [0.1, 0.15) is 16.0 Å². The zero-order valence-corrected chi connectivity index (χ0v) is 14.0. The van der Waals surface area contributed by atoms with Crippen LogP contribution in [0.3, 0.4) is 0 Å². The van der Waals surface area contributed by atoms with E-state index in [2.05, 4.69) is 10.9 Å². The van der Waals surface area contributed by atoms with Crippen molar-refractivity contribution in [2.75, 3.05) is 25.1 Å². The van der Waals surface area contributed by atoms with Gasteiger partial charge in [-0.1, -0.05) is 0 Å². The second-order valence-corrected chi connectivity index (χ2v) is 7.33. The van der Waals surface area contributed by atoms with Gasteiger partial charge in [0.15, 0.2) is 0 Å². The summed E-state index contributed by atoms with van der Waals surface area (Å²) >= 11 is 3.21. The molecule has 2 aromatic rings. The lowest BCUT2D eigenvalue weighted by molar-refractivity contribution is -0.132. The molecule has 2 aromatic heterocycles. The third-order valence-electron chi connectivity index (χ3n) is 3.64. The number of nitrogens with zero attached hydrogens (tertiary/aromatic N) is 2. The van der Waals surface area contributed by atoms with Crippen molar-refractivity contribution >= 4 is 39.7 Å². The van der Waals surface area contributed by atoms with Crippen molar-refractivity contribution in [2.24, 2.45) is 0 Å². The molecule has 0 saturated carbocycles. The number of hydrogen-bond acceptors (Lipinski definition) is 5. The van der Waals surface area contributed by atoms with Crippen molar-refractivity contribution in [3.8, 4) is 9.75 Å². The molecule has 0 spiro atoms. The minimum absolute atomic E-state index is 0.118. The molecule has 0 aromatic carbocycles. The molecule has 23 heavy (non-hydrogen) atoms. The fourth-order valence-electron chi connectivity index (χ4n) is 2.51. The van der Waals surface area contributed by atoms with Crippen molar-refractivity contribution in [1.82, 2.24) is 0 Å². The average Bonchev–Trinajstić information content (AvgIpc) is 3.14. The van der Waals surface area contributed by atoms with Gasteiger partial charge in [-0.2, -0.15) is 0 Å². The fraction of sp³-hybridized carbons (Fsp3) is 0.250. The molecule has 0 aliphatic heterocycles. The number of fused-ring (bicyclic) bond motifs is 3. The molecule has 0 radical (unpaired) electrons. The van der Waals surface area contributed by atoms with Crippen LogP contribution in [0.25, 0.3) is 20.7 Å². The van der Waals surface area contributed by atoms with Crippen LogP contribution in [0.15, 0.2) is 17.8 Å². The summed E-state index contributed by atoms with van der Waals surface area (Å²) in [5, 5.41) is 19.1. The topological polar surface area (TPSA) is 65.1 Å². The molecule has 0 fully saturated rings. The van der Waals surface area contributed by atoms with Gasteiger partial charge in [0, 0.05) is 29.8 Å². The van der Waals surface area contributed by atoms with E-state index in [9.17, 15) is 4.79 Å². The molecule has 2 heterocycles. The Morgan fingerprint density at radius 3 is 2.74 bits per heavy atom. The summed E-state index contributed by atoms with van der Waals surface area (Å²) < 4.78 is 0. The molecule has 0 bridgehead atoms. The van der Waals surface area contributed by atoms with Gasteiger partial charge in [-0.05, 0) is 29.3 Å². The van der Waals surface area contributed by atoms with Crippen LogP contribution in [0.5, 0.6) is 0 Å². The summed E-state index contributed by atoms with van der Waals surface area (Å²) in [6.07, 6.45) is 2.27. The molecule has 7 heteroatoms. The standard InChI is InChI=1S/C16H14N2O3S2/c1-17-12(16(20)21)8-11-6-9-5-10-7-13(18(2)3-4-19)23-15(10)14(9)22-11/h6-8,19H,3-5H2,2H3,(H,20,21)/b12-8-. The first-order valence-corrected chi connectivity index (χ1v) is 8.57. The monoisotopic (exact) mass is 346 g/mol. The smallest absolute Gasteiger partial charge is 0.333 e. The number of likely N-dealkylation sites (N-methyl/N-ethyl adjacent to an activating group) is 1. The van der Waals surface area contributed by atoms with Crippen LogP contribution < -0.4 is 4.90 Å². The van der Waals surface area contributed by atoms with Crippen LogP contribution in [0.4, 0.5) is 5.00 Å². The molecule has 2 N–H and O–H groups in total. The SMILES string of the molecule is [C-]#[N+]/C(=C\c1cc2c(s1)-c1sc(N(C)CCO)cc1C2)C(=O)O. The number of carboxylic acids is 1. The Morgan fingerprint density at radius 2 is 2.09 bits per heavy atom. The number of carbonyl (C=O) groups is 1. The van der Waals surface area contributed by atoms with Crippen LogP contribution in [0.2, 0.25) is 0 Å². The summed E-state index contributed by atoms with van der Waals surface area (Å²) in [6, 6.07) is 4.12. The van der Waals surface area contributed by atoms with Gasteiger partial charge >= 0.3 is 5.97 Å². The Labute approximate surface area is 141 Å². The highest BCUT2D eigenvalue weighted by Gasteiger charge is 2.25. The Hall–Kier alpha value is -2.14. The van der Waals surface area contributed by atoms with Gasteiger partial charge < -0.3 is 15.1 Å². The van der Waals surface area contributed by atoms with E-state index in [1.807, 2.05) is 18.0 Å². The number of carboxylic acid groups (broad SMARTS) is 1. The van der Waals surface area contributed by atoms with E-state index in [1.54, 1.807) is 11.3 Å². The highest BCUT2D eigenvalue weighted by Crippen LogP contribution is 2.49. The van der Waals surface area contributed by atoms with E-state index in [0.717, 1.165) is 21.2 Å². The molecule has 5 nitrogen and oxygen atoms in total. The fourth-order valence-corrected chi connectivity index (χ4v) is 5.00. The molecule has 0 atom stereocenters. The molecule has 0 saturated heterocycles. The zero-order chi connectivity index (χ0) is 16.6. The van der Waals surface area contributed by atoms with Gasteiger partial charge in [-0.25, -0.2) is 4.85 Å². The van der Waals surface area contributed by atoms with Crippen LogP contribution in [-0.4, -0.2) is 36.4 Å². The first kappa shape index (κ1) is 15.7. The van der Waals surface area contributed by atoms with E-state index in [-0.39, 0.29) is 12.3 Å². The number of aliphatic carboxylic acids is 1. The number of aliphatic hydroxyl groups excluding tert-OH is 1. The predicted molar refractivity (Wildman–Crippen MR) is 93.0 cm³/mol. The normalized spacial score (nSPS) is 12.7. The lowest BCUT2D eigenvalue weighted by atomic mass is 10.2. The summed E-state index contributed by atoms with van der Waals surface area (Å²) in [4.78, 5) is 19.2. The van der Waals surface area contributed by atoms with Gasteiger partial charge in [0.2, 0.25) is 0 Å². The van der Waals surface area contributed by atoms with E-state index in [4.69, 9.17) is 16.8 Å². The maximum Gasteiger partial charge on any atom is 0.333 e. The second kappa shape index (κ2) is 6.16. The van der Waals surface area contributed by atoms with Crippen LogP contribution in [-0.2, 0) is 11.2 Å². The summed E-state index contributed by atoms with van der Waals surface area (Å²) in [5.41, 5.74) is 2.20. The quantitative estimate of drug-likeness (QED) is 0.550. The molecular formula is C16H14N2O3S2. The molecular weight excluding hydrogens is 332 g/mol. The predicted octanol–water partition coefficient (Wildman–Crippen LogP) is 3.15. The number of thiophene rings is 2. The van der Waals surface area contributed by atoms with Crippen molar-refractivity contribution < 1.29 is 15.0 Å². The molecule has 3 rings (SSSR count). The van der Waals surface area contributed by atoms with Crippen molar-refractivity contribution in [3.63, 3.8) is 0 Å². The van der Waals surface area contributed by atoms with Gasteiger partial charge in [-0.3, -0.25) is 4.79 Å². The summed E-state index contributed by atoms with van der Waals surface area (Å²) in [5.74, 6) is -1.20. The van der Waals surface area contributed by atoms with E-state index in [1.165, 1.54) is 33.4 Å². The van der Waals surface area contributed by atoms with Crippen LogP contribution in [0, 0.1) is 6.57 Å². The lowest BCUT2D eigenvalue weighted by Gasteiger charge is -2.14. The Balaban J connectivity index is 1.92. The highest BCUT2D eigenvalue weighted by molar-refractivity contribution is 7.25. The highest BCUT2D eigenvalue weighted by atomic mass is 32.1. The molecule has 1 aliphatic carbocycles. The lowest BCUT2D eigenvalue weighted by Crippen LogP contribution is -2.19. The second-order valence-electron chi connectivity index (χ2n) is 5.21. The first-order valence-electron chi connectivity index (χ1n) is 6.93. The van der Waals surface area contributed by atoms with Crippen molar-refractivity contribution in [2.45, 2.75) is 6.42 Å². The number of anilines is 1. The Kier molecular flexibility index (Phi) is 4.22. The van der Waals surface area contributed by atoms with Crippen LogP contribution >= 0.6 is 22.7 Å². The number of aliphatic hydroxyl groups is 1.